The van der Waals surface area contributed by atoms with Gasteiger partial charge in [0.25, 0.3) is 5.91 Å². The van der Waals surface area contributed by atoms with E-state index in [1.807, 2.05) is 31.2 Å². The molecule has 104 valence electrons. The Morgan fingerprint density at radius 1 is 1.19 bits per heavy atom. The van der Waals surface area contributed by atoms with Crippen LogP contribution in [0.3, 0.4) is 0 Å². The van der Waals surface area contributed by atoms with E-state index in [-0.39, 0.29) is 11.6 Å². The topological polar surface area (TPSA) is 80.9 Å². The lowest BCUT2D eigenvalue weighted by atomic mass is 10.1. The summed E-state index contributed by atoms with van der Waals surface area (Å²) in [7, 11) is 0. The number of hydrogen-bond acceptors (Lipinski definition) is 4. The van der Waals surface area contributed by atoms with E-state index in [0.29, 0.717) is 11.5 Å². The largest absolute Gasteiger partial charge is 0.383 e. The van der Waals surface area contributed by atoms with Gasteiger partial charge in [0.2, 0.25) is 0 Å². The molecule has 0 saturated heterocycles. The van der Waals surface area contributed by atoms with E-state index < -0.39 is 0 Å². The molecule has 5 nitrogen and oxygen atoms in total. The van der Waals surface area contributed by atoms with Crippen LogP contribution < -0.4 is 11.1 Å². The van der Waals surface area contributed by atoms with Crippen molar-refractivity contribution in [2.45, 2.75) is 6.92 Å². The lowest BCUT2D eigenvalue weighted by Crippen LogP contribution is -2.15. The van der Waals surface area contributed by atoms with E-state index in [1.54, 1.807) is 24.4 Å². The van der Waals surface area contributed by atoms with Crippen LogP contribution in [0, 0.1) is 6.92 Å². The van der Waals surface area contributed by atoms with E-state index >= 15 is 0 Å². The highest BCUT2D eigenvalue weighted by molar-refractivity contribution is 6.06. The Bertz CT molecular complexity index is 829. The minimum Gasteiger partial charge on any atom is -0.383 e. The van der Waals surface area contributed by atoms with E-state index in [9.17, 15) is 4.79 Å². The van der Waals surface area contributed by atoms with Crippen molar-refractivity contribution >= 4 is 28.2 Å². The zero-order valence-electron chi connectivity index (χ0n) is 11.5. The van der Waals surface area contributed by atoms with Gasteiger partial charge in [0.1, 0.15) is 11.5 Å². The Balaban J connectivity index is 1.97. The molecule has 0 saturated carbocycles. The van der Waals surface area contributed by atoms with Crippen molar-refractivity contribution in [3.63, 3.8) is 0 Å². The molecule has 2 aromatic heterocycles. The average molecular weight is 278 g/mol. The Morgan fingerprint density at radius 2 is 2.00 bits per heavy atom. The standard InChI is InChI=1S/C16H14N4O/c1-10-13(7-4-8-18-10)20-16(21)14-9-11-5-2-3-6-12(11)15(17)19-14/h2-9H,1H3,(H2,17,19)(H,20,21). The molecule has 1 aromatic carbocycles. The number of aryl methyl sites for hydroxylation is 1. The van der Waals surface area contributed by atoms with Crippen LogP contribution in [0.5, 0.6) is 0 Å². The van der Waals surface area contributed by atoms with Crippen LogP contribution in [0.25, 0.3) is 10.8 Å². The molecule has 0 radical (unpaired) electrons. The molecule has 0 bridgehead atoms. The predicted octanol–water partition coefficient (Wildman–Crippen LogP) is 2.77. The van der Waals surface area contributed by atoms with Crippen molar-refractivity contribution < 1.29 is 4.79 Å². The molecule has 1 amide bonds. The molecule has 3 rings (SSSR count). The van der Waals surface area contributed by atoms with Crippen molar-refractivity contribution in [1.82, 2.24) is 9.97 Å². The number of anilines is 2. The number of nitrogens with zero attached hydrogens (tertiary/aromatic N) is 2. The Hall–Kier alpha value is -2.95. The first-order chi connectivity index (χ1) is 10.1. The molecule has 3 N–H and O–H groups in total. The molecule has 21 heavy (non-hydrogen) atoms. The number of rotatable bonds is 2. The van der Waals surface area contributed by atoms with Gasteiger partial charge < -0.3 is 11.1 Å². The van der Waals surface area contributed by atoms with Crippen molar-refractivity contribution in [2.75, 3.05) is 11.1 Å². The number of pyridine rings is 2. The van der Waals surface area contributed by atoms with Crippen molar-refractivity contribution in [3.8, 4) is 0 Å². The molecule has 3 aromatic rings. The maximum absolute atomic E-state index is 12.3. The van der Waals surface area contributed by atoms with E-state index in [4.69, 9.17) is 5.73 Å². The van der Waals surface area contributed by atoms with Crippen LogP contribution in [0.1, 0.15) is 16.2 Å². The van der Waals surface area contributed by atoms with Gasteiger partial charge in [-0.15, -0.1) is 0 Å². The van der Waals surface area contributed by atoms with Crippen molar-refractivity contribution in [2.24, 2.45) is 0 Å². The number of aromatic nitrogens is 2. The molecule has 0 spiro atoms. The van der Waals surface area contributed by atoms with Gasteiger partial charge >= 0.3 is 0 Å². The van der Waals surface area contributed by atoms with E-state index in [0.717, 1.165) is 16.5 Å². The summed E-state index contributed by atoms with van der Waals surface area (Å²) >= 11 is 0. The van der Waals surface area contributed by atoms with Crippen LogP contribution >= 0.6 is 0 Å². The molecular formula is C16H14N4O. The van der Waals surface area contributed by atoms with Crippen molar-refractivity contribution in [1.29, 1.82) is 0 Å². The molecule has 0 aliphatic heterocycles. The molecule has 0 aliphatic carbocycles. The molecular weight excluding hydrogens is 264 g/mol. The predicted molar refractivity (Wildman–Crippen MR) is 83.1 cm³/mol. The summed E-state index contributed by atoms with van der Waals surface area (Å²) in [6.45, 7) is 1.83. The van der Waals surface area contributed by atoms with Gasteiger partial charge in [0.15, 0.2) is 0 Å². The summed E-state index contributed by atoms with van der Waals surface area (Å²) in [5.74, 6) is 0.0460. The Kier molecular flexibility index (Phi) is 3.23. The fourth-order valence-electron chi connectivity index (χ4n) is 2.14. The van der Waals surface area contributed by atoms with Crippen molar-refractivity contribution in [3.05, 3.63) is 60.0 Å². The van der Waals surface area contributed by atoms with Gasteiger partial charge in [-0.2, -0.15) is 0 Å². The molecule has 5 heteroatoms. The van der Waals surface area contributed by atoms with Crippen LogP contribution in [0.4, 0.5) is 11.5 Å². The Morgan fingerprint density at radius 3 is 2.81 bits per heavy atom. The zero-order valence-corrected chi connectivity index (χ0v) is 11.5. The maximum atomic E-state index is 12.3. The third kappa shape index (κ3) is 2.53. The minimum atomic E-state index is -0.302. The first-order valence-electron chi connectivity index (χ1n) is 6.53. The second kappa shape index (κ2) is 5.20. The molecule has 0 aliphatic rings. The summed E-state index contributed by atoms with van der Waals surface area (Å²) in [6, 6.07) is 12.9. The van der Waals surface area contributed by atoms with Gasteiger partial charge in [0.05, 0.1) is 11.4 Å². The quantitative estimate of drug-likeness (QED) is 0.755. The number of amides is 1. The van der Waals surface area contributed by atoms with Crippen LogP contribution in [0.15, 0.2) is 48.7 Å². The lowest BCUT2D eigenvalue weighted by Gasteiger charge is -2.08. The molecule has 0 fully saturated rings. The number of benzene rings is 1. The number of carbonyl (C=O) groups excluding carboxylic acids is 1. The summed E-state index contributed by atoms with van der Waals surface area (Å²) < 4.78 is 0. The number of fused-ring (bicyclic) bond motifs is 1. The summed E-state index contributed by atoms with van der Waals surface area (Å²) in [5, 5.41) is 4.53. The van der Waals surface area contributed by atoms with Gasteiger partial charge in [-0.3, -0.25) is 9.78 Å². The molecule has 2 heterocycles. The van der Waals surface area contributed by atoms with Crippen LogP contribution in [-0.4, -0.2) is 15.9 Å². The molecule has 0 unspecified atom stereocenters. The monoisotopic (exact) mass is 278 g/mol. The van der Waals surface area contributed by atoms with Gasteiger partial charge in [-0.25, -0.2) is 4.98 Å². The highest BCUT2D eigenvalue weighted by Crippen LogP contribution is 2.21. The van der Waals surface area contributed by atoms with E-state index in [1.165, 1.54) is 0 Å². The third-order valence-corrected chi connectivity index (χ3v) is 3.26. The summed E-state index contributed by atoms with van der Waals surface area (Å²) in [5.41, 5.74) is 7.61. The van der Waals surface area contributed by atoms with Crippen LogP contribution in [0.2, 0.25) is 0 Å². The number of nitrogen functional groups attached to an aromatic ring is 1. The smallest absolute Gasteiger partial charge is 0.274 e. The maximum Gasteiger partial charge on any atom is 0.274 e. The Labute approximate surface area is 121 Å². The number of nitrogens with two attached hydrogens (primary N) is 1. The number of nitrogens with one attached hydrogen (secondary N) is 1. The first-order valence-corrected chi connectivity index (χ1v) is 6.53. The highest BCUT2D eigenvalue weighted by Gasteiger charge is 2.12. The fourth-order valence-corrected chi connectivity index (χ4v) is 2.14. The average Bonchev–Trinajstić information content (AvgIpc) is 2.49. The SMILES string of the molecule is Cc1ncccc1NC(=O)c1cc2ccccc2c(N)n1. The zero-order chi connectivity index (χ0) is 14.8. The van der Waals surface area contributed by atoms with Gasteiger partial charge in [-0.1, -0.05) is 24.3 Å². The third-order valence-electron chi connectivity index (χ3n) is 3.26. The minimum absolute atomic E-state index is 0.287. The molecule has 0 atom stereocenters. The van der Waals surface area contributed by atoms with Gasteiger partial charge in [-0.05, 0) is 30.5 Å². The fraction of sp³-hybridized carbons (Fsp3) is 0.0625. The second-order valence-corrected chi connectivity index (χ2v) is 4.70. The normalized spacial score (nSPS) is 10.5. The van der Waals surface area contributed by atoms with Gasteiger partial charge in [0, 0.05) is 11.6 Å². The highest BCUT2D eigenvalue weighted by atomic mass is 16.1. The second-order valence-electron chi connectivity index (χ2n) is 4.70. The summed E-state index contributed by atoms with van der Waals surface area (Å²) in [4.78, 5) is 20.6. The van der Waals surface area contributed by atoms with Crippen LogP contribution in [-0.2, 0) is 0 Å². The number of carbonyl (C=O) groups is 1. The number of hydrogen-bond donors (Lipinski definition) is 2. The lowest BCUT2D eigenvalue weighted by molar-refractivity contribution is 0.102. The summed E-state index contributed by atoms with van der Waals surface area (Å²) in [6.07, 6.45) is 1.68. The van der Waals surface area contributed by atoms with E-state index in [2.05, 4.69) is 15.3 Å². The first kappa shape index (κ1) is 13.1.